The summed E-state index contributed by atoms with van der Waals surface area (Å²) in [6.07, 6.45) is 3.14. The highest BCUT2D eigenvalue weighted by Crippen LogP contribution is 2.34. The second-order valence-corrected chi connectivity index (χ2v) is 6.03. The maximum atomic E-state index is 11.2. The van der Waals surface area contributed by atoms with Crippen LogP contribution < -0.4 is 5.32 Å². The molecule has 0 atom stereocenters. The van der Waals surface area contributed by atoms with Gasteiger partial charge in [0.1, 0.15) is 0 Å². The van der Waals surface area contributed by atoms with E-state index in [1.807, 2.05) is 20.2 Å². The van der Waals surface area contributed by atoms with E-state index in [1.54, 1.807) is 12.1 Å². The van der Waals surface area contributed by atoms with Crippen LogP contribution in [0.4, 0.5) is 5.69 Å². The molecule has 1 aromatic carbocycles. The number of fused-ring (bicyclic) bond motifs is 2. The molecule has 22 heavy (non-hydrogen) atoms. The number of carboxylic acids is 1. The van der Waals surface area contributed by atoms with Crippen LogP contribution in [0.1, 0.15) is 28.0 Å². The fourth-order valence-electron chi connectivity index (χ4n) is 3.00. The largest absolute Gasteiger partial charge is 0.478 e. The number of nitrogens with one attached hydrogen (secondary N) is 1. The van der Waals surface area contributed by atoms with Gasteiger partial charge in [0.2, 0.25) is 0 Å². The van der Waals surface area contributed by atoms with Gasteiger partial charge in [-0.25, -0.2) is 4.79 Å². The van der Waals surface area contributed by atoms with Gasteiger partial charge in [0, 0.05) is 29.9 Å². The van der Waals surface area contributed by atoms with Crippen molar-refractivity contribution in [2.24, 2.45) is 0 Å². The number of rotatable bonds is 5. The number of carbonyl (C=O) groups is 1. The highest BCUT2D eigenvalue weighted by Gasteiger charge is 2.20. The molecule has 1 aliphatic rings. The van der Waals surface area contributed by atoms with E-state index in [-0.39, 0.29) is 0 Å². The Hall–Kier alpha value is -2.14. The molecular formula is C17H21N3O2. The van der Waals surface area contributed by atoms with Crippen molar-refractivity contribution < 1.29 is 9.90 Å². The maximum Gasteiger partial charge on any atom is 0.335 e. The number of anilines is 1. The van der Waals surface area contributed by atoms with Crippen molar-refractivity contribution in [2.75, 3.05) is 32.5 Å². The standard InChI is InChI=1S/C17H21N3O2/c1-20(2)9-8-18-16-12-4-3-5-14(12)19-15-7-6-11(17(21)22)10-13(15)16/h6-7,10H,3-5,8-9H2,1-2H3,(H,18,19)(H,21,22). The van der Waals surface area contributed by atoms with Crippen LogP contribution in [0.2, 0.25) is 0 Å². The minimum absolute atomic E-state index is 0.308. The summed E-state index contributed by atoms with van der Waals surface area (Å²) in [6, 6.07) is 5.18. The molecule has 2 aromatic rings. The first-order chi connectivity index (χ1) is 10.6. The zero-order valence-electron chi connectivity index (χ0n) is 13.0. The number of aryl methyl sites for hydroxylation is 1. The molecule has 0 fully saturated rings. The normalized spacial score (nSPS) is 13.6. The molecule has 1 aromatic heterocycles. The monoisotopic (exact) mass is 299 g/mol. The van der Waals surface area contributed by atoms with Crippen LogP contribution in [0.15, 0.2) is 18.2 Å². The van der Waals surface area contributed by atoms with E-state index in [2.05, 4.69) is 10.2 Å². The molecule has 0 unspecified atom stereocenters. The number of hydrogen-bond acceptors (Lipinski definition) is 4. The number of aromatic nitrogens is 1. The highest BCUT2D eigenvalue weighted by atomic mass is 16.4. The van der Waals surface area contributed by atoms with Crippen molar-refractivity contribution in [3.63, 3.8) is 0 Å². The quantitative estimate of drug-likeness (QED) is 0.887. The van der Waals surface area contributed by atoms with Crippen LogP contribution in [-0.2, 0) is 12.8 Å². The van der Waals surface area contributed by atoms with Crippen LogP contribution in [0.5, 0.6) is 0 Å². The van der Waals surface area contributed by atoms with Gasteiger partial charge >= 0.3 is 5.97 Å². The van der Waals surface area contributed by atoms with Gasteiger partial charge in [0.05, 0.1) is 11.1 Å². The second kappa shape index (κ2) is 5.93. The van der Waals surface area contributed by atoms with Gasteiger partial charge in [-0.15, -0.1) is 0 Å². The van der Waals surface area contributed by atoms with Crippen molar-refractivity contribution in [2.45, 2.75) is 19.3 Å². The van der Waals surface area contributed by atoms with E-state index in [9.17, 15) is 9.90 Å². The lowest BCUT2D eigenvalue weighted by Crippen LogP contribution is -2.21. The van der Waals surface area contributed by atoms with Gasteiger partial charge in [-0.05, 0) is 57.1 Å². The summed E-state index contributed by atoms with van der Waals surface area (Å²) >= 11 is 0. The van der Waals surface area contributed by atoms with Gasteiger partial charge in [-0.3, -0.25) is 4.98 Å². The summed E-state index contributed by atoms with van der Waals surface area (Å²) in [5.41, 5.74) is 4.67. The summed E-state index contributed by atoms with van der Waals surface area (Å²) in [5, 5.41) is 13.7. The summed E-state index contributed by atoms with van der Waals surface area (Å²) in [7, 11) is 4.08. The zero-order chi connectivity index (χ0) is 15.7. The summed E-state index contributed by atoms with van der Waals surface area (Å²) < 4.78 is 0. The van der Waals surface area contributed by atoms with Crippen molar-refractivity contribution in [1.82, 2.24) is 9.88 Å². The van der Waals surface area contributed by atoms with Gasteiger partial charge < -0.3 is 15.3 Å². The Morgan fingerprint density at radius 2 is 2.18 bits per heavy atom. The van der Waals surface area contributed by atoms with Gasteiger partial charge in [-0.1, -0.05) is 0 Å². The van der Waals surface area contributed by atoms with Crippen LogP contribution in [0.25, 0.3) is 10.9 Å². The first kappa shape index (κ1) is 14.8. The van der Waals surface area contributed by atoms with Crippen LogP contribution >= 0.6 is 0 Å². The minimum Gasteiger partial charge on any atom is -0.478 e. The Morgan fingerprint density at radius 3 is 2.91 bits per heavy atom. The van der Waals surface area contributed by atoms with Crippen molar-refractivity contribution >= 4 is 22.6 Å². The number of likely N-dealkylation sites (N-methyl/N-ethyl adjacent to an activating group) is 1. The van der Waals surface area contributed by atoms with E-state index >= 15 is 0 Å². The van der Waals surface area contributed by atoms with E-state index < -0.39 is 5.97 Å². The predicted molar refractivity (Wildman–Crippen MR) is 87.8 cm³/mol. The molecule has 0 amide bonds. The molecule has 0 bridgehead atoms. The summed E-state index contributed by atoms with van der Waals surface area (Å²) in [6.45, 7) is 1.76. The molecule has 2 N–H and O–H groups in total. The molecular weight excluding hydrogens is 278 g/mol. The average Bonchev–Trinajstić information content (AvgIpc) is 2.93. The van der Waals surface area contributed by atoms with E-state index in [0.29, 0.717) is 5.56 Å². The first-order valence-electron chi connectivity index (χ1n) is 7.63. The predicted octanol–water partition coefficient (Wildman–Crippen LogP) is 2.40. The number of aromatic carboxylic acids is 1. The van der Waals surface area contributed by atoms with E-state index in [1.165, 1.54) is 5.56 Å². The number of pyridine rings is 1. The Labute approximate surface area is 130 Å². The number of benzene rings is 1. The Kier molecular flexibility index (Phi) is 3.98. The van der Waals surface area contributed by atoms with E-state index in [0.717, 1.165) is 54.6 Å². The molecule has 1 aliphatic carbocycles. The van der Waals surface area contributed by atoms with Gasteiger partial charge in [0.25, 0.3) is 0 Å². The van der Waals surface area contributed by atoms with Crippen molar-refractivity contribution in [3.8, 4) is 0 Å². The van der Waals surface area contributed by atoms with Crippen LogP contribution in [-0.4, -0.2) is 48.1 Å². The van der Waals surface area contributed by atoms with Crippen LogP contribution in [0, 0.1) is 0 Å². The molecule has 3 rings (SSSR count). The molecule has 1 heterocycles. The SMILES string of the molecule is CN(C)CCNc1c2c(nc3ccc(C(=O)O)cc13)CCC2. The molecule has 0 saturated carbocycles. The first-order valence-corrected chi connectivity index (χ1v) is 7.63. The Balaban J connectivity index is 2.08. The zero-order valence-corrected chi connectivity index (χ0v) is 13.0. The lowest BCUT2D eigenvalue weighted by Gasteiger charge is -2.17. The third kappa shape index (κ3) is 2.76. The van der Waals surface area contributed by atoms with E-state index in [4.69, 9.17) is 4.98 Å². The lowest BCUT2D eigenvalue weighted by molar-refractivity contribution is 0.0697. The average molecular weight is 299 g/mol. The fourth-order valence-corrected chi connectivity index (χ4v) is 3.00. The summed E-state index contributed by atoms with van der Waals surface area (Å²) in [4.78, 5) is 18.1. The molecule has 116 valence electrons. The van der Waals surface area contributed by atoms with Gasteiger partial charge in [-0.2, -0.15) is 0 Å². The minimum atomic E-state index is -0.901. The highest BCUT2D eigenvalue weighted by molar-refractivity contribution is 5.99. The molecule has 0 spiro atoms. The fraction of sp³-hybridized carbons (Fsp3) is 0.412. The van der Waals surface area contributed by atoms with Gasteiger partial charge in [0.15, 0.2) is 0 Å². The Bertz CT molecular complexity index is 725. The number of nitrogens with zero attached hydrogens (tertiary/aromatic N) is 2. The maximum absolute atomic E-state index is 11.2. The number of carboxylic acid groups (broad SMARTS) is 1. The summed E-state index contributed by atoms with van der Waals surface area (Å²) in [5.74, 6) is -0.901. The van der Waals surface area contributed by atoms with Crippen molar-refractivity contribution in [1.29, 1.82) is 0 Å². The smallest absolute Gasteiger partial charge is 0.335 e. The molecule has 0 aliphatic heterocycles. The number of hydrogen-bond donors (Lipinski definition) is 2. The second-order valence-electron chi connectivity index (χ2n) is 6.03. The molecule has 5 nitrogen and oxygen atoms in total. The molecule has 5 heteroatoms. The third-order valence-corrected chi connectivity index (χ3v) is 4.12. The lowest BCUT2D eigenvalue weighted by atomic mass is 10.0. The molecule has 0 saturated heterocycles. The molecule has 0 radical (unpaired) electrons. The topological polar surface area (TPSA) is 65.5 Å². The third-order valence-electron chi connectivity index (χ3n) is 4.12. The Morgan fingerprint density at radius 1 is 1.36 bits per heavy atom. The van der Waals surface area contributed by atoms with Crippen LogP contribution in [0.3, 0.4) is 0 Å². The van der Waals surface area contributed by atoms with Crippen molar-refractivity contribution in [3.05, 3.63) is 35.0 Å².